The first-order valence-electron chi connectivity index (χ1n) is 15.7. The number of carbonyl (C=O) groups is 1. The molecule has 7 heteroatoms. The lowest BCUT2D eigenvalue weighted by Crippen LogP contribution is -2.21. The zero-order valence-corrected chi connectivity index (χ0v) is 25.7. The van der Waals surface area contributed by atoms with Crippen molar-refractivity contribution in [2.24, 2.45) is 0 Å². The maximum absolute atomic E-state index is 13.4. The van der Waals surface area contributed by atoms with Gasteiger partial charge >= 0.3 is 0 Å². The first-order valence-corrected chi connectivity index (χ1v) is 16.5. The van der Waals surface area contributed by atoms with E-state index in [-0.39, 0.29) is 5.91 Å². The van der Waals surface area contributed by atoms with Gasteiger partial charge in [-0.15, -0.1) is 11.3 Å². The van der Waals surface area contributed by atoms with E-state index in [4.69, 9.17) is 4.98 Å². The topological polar surface area (TPSA) is 71.8 Å². The van der Waals surface area contributed by atoms with Crippen molar-refractivity contribution < 1.29 is 4.79 Å². The van der Waals surface area contributed by atoms with Crippen LogP contribution >= 0.6 is 11.3 Å². The predicted molar refractivity (Wildman–Crippen MR) is 180 cm³/mol. The summed E-state index contributed by atoms with van der Waals surface area (Å²) >= 11 is 1.67. The number of fused-ring (bicyclic) bond motifs is 7. The molecule has 0 saturated heterocycles. The highest BCUT2D eigenvalue weighted by atomic mass is 32.1. The number of thiophene rings is 1. The fraction of sp³-hybridized carbons (Fsp3) is 0.270. The number of hydrogen-bond acceptors (Lipinski definition) is 5. The Labute approximate surface area is 261 Å². The number of nitrogens with one attached hydrogen (secondary N) is 2. The molecule has 5 heterocycles. The molecule has 2 aromatic carbocycles. The number of aromatic nitrogens is 3. The van der Waals surface area contributed by atoms with Crippen LogP contribution in [-0.4, -0.2) is 27.0 Å². The molecule has 1 fully saturated rings. The van der Waals surface area contributed by atoms with Crippen LogP contribution in [0.5, 0.6) is 0 Å². The number of carbonyl (C=O) groups excluding carboxylic acids is 1. The van der Waals surface area contributed by atoms with Gasteiger partial charge in [0.2, 0.25) is 0 Å². The summed E-state index contributed by atoms with van der Waals surface area (Å²) in [5.74, 6) is 0.498. The van der Waals surface area contributed by atoms with Crippen molar-refractivity contribution in [1.29, 1.82) is 0 Å². The van der Waals surface area contributed by atoms with Crippen LogP contribution in [0.4, 0.5) is 5.69 Å². The van der Waals surface area contributed by atoms with Gasteiger partial charge in [-0.1, -0.05) is 49.6 Å². The van der Waals surface area contributed by atoms with E-state index in [1.807, 2.05) is 42.6 Å². The summed E-state index contributed by atoms with van der Waals surface area (Å²) in [5.41, 5.74) is 11.4. The first-order chi connectivity index (χ1) is 21.6. The van der Waals surface area contributed by atoms with Gasteiger partial charge in [0.25, 0.3) is 5.91 Å². The van der Waals surface area contributed by atoms with E-state index in [2.05, 4.69) is 63.5 Å². The lowest BCUT2D eigenvalue weighted by atomic mass is 9.83. The molecule has 0 unspecified atom stereocenters. The first kappa shape index (κ1) is 27.1. The molecule has 4 aromatic heterocycles. The number of aryl methyl sites for hydroxylation is 1. The molecule has 0 atom stereocenters. The van der Waals surface area contributed by atoms with Crippen LogP contribution in [0.15, 0.2) is 79.0 Å². The van der Waals surface area contributed by atoms with Crippen molar-refractivity contribution >= 4 is 44.1 Å². The Bertz CT molecular complexity index is 2020. The highest BCUT2D eigenvalue weighted by Gasteiger charge is 2.31. The van der Waals surface area contributed by atoms with E-state index in [1.165, 1.54) is 64.7 Å². The second-order valence-corrected chi connectivity index (χ2v) is 13.2. The van der Waals surface area contributed by atoms with E-state index < -0.39 is 0 Å². The van der Waals surface area contributed by atoms with Crippen LogP contribution in [0.25, 0.3) is 43.8 Å². The second-order valence-electron chi connectivity index (χ2n) is 12.1. The molecule has 6 aromatic rings. The Morgan fingerprint density at radius 3 is 2.70 bits per heavy atom. The number of anilines is 1. The highest BCUT2D eigenvalue weighted by Crippen LogP contribution is 2.49. The van der Waals surface area contributed by atoms with E-state index in [0.717, 1.165) is 51.5 Å². The minimum absolute atomic E-state index is 0.00196. The fourth-order valence-corrected chi connectivity index (χ4v) is 8.32. The molecule has 0 bridgehead atoms. The van der Waals surface area contributed by atoms with Crippen molar-refractivity contribution in [2.45, 2.75) is 58.0 Å². The molecular weight excluding hydrogens is 563 g/mol. The summed E-state index contributed by atoms with van der Waals surface area (Å²) in [7, 11) is 0. The number of amides is 1. The summed E-state index contributed by atoms with van der Waals surface area (Å²) in [5, 5.41) is 8.06. The predicted octanol–water partition coefficient (Wildman–Crippen LogP) is 8.69. The fourth-order valence-electron chi connectivity index (χ4n) is 7.12. The van der Waals surface area contributed by atoms with Crippen molar-refractivity contribution in [3.05, 3.63) is 101 Å². The number of rotatable bonds is 5. The van der Waals surface area contributed by atoms with Crippen molar-refractivity contribution in [3.8, 4) is 22.6 Å². The molecule has 0 radical (unpaired) electrons. The van der Waals surface area contributed by atoms with Gasteiger partial charge in [0.15, 0.2) is 0 Å². The van der Waals surface area contributed by atoms with Crippen LogP contribution in [0.2, 0.25) is 0 Å². The molecule has 8 rings (SSSR count). The standard InChI is InChI=1S/C37H35N5OS/c1-23-16-17-38-30(20-23)29-15-12-26-28(41-29)14-13-27-34(26)39-18-19-42-31-21-32(37(43)40-22-24-8-4-2-5-9-24)44-36(31)33(35(27)42)25-10-6-3-7-11-25/h2,4-5,8-9,12-17,20-21,25,39H,3,6-7,10-11,18-19,22H2,1H3,(H,40,43). The molecule has 1 aliphatic carbocycles. The third-order valence-corrected chi connectivity index (χ3v) is 10.4. The smallest absolute Gasteiger partial charge is 0.261 e. The van der Waals surface area contributed by atoms with Crippen LogP contribution < -0.4 is 10.6 Å². The third-order valence-electron chi connectivity index (χ3n) is 9.25. The number of benzene rings is 2. The molecular formula is C37H35N5OS. The molecule has 2 aliphatic rings. The second kappa shape index (κ2) is 11.2. The molecule has 44 heavy (non-hydrogen) atoms. The monoisotopic (exact) mass is 597 g/mol. The average Bonchev–Trinajstić information content (AvgIpc) is 3.55. The van der Waals surface area contributed by atoms with Gasteiger partial charge in [0, 0.05) is 36.8 Å². The Hall–Kier alpha value is -4.49. The van der Waals surface area contributed by atoms with E-state index in [9.17, 15) is 4.79 Å². The molecule has 6 nitrogen and oxygen atoms in total. The summed E-state index contributed by atoms with van der Waals surface area (Å²) in [6.07, 6.45) is 8.07. The van der Waals surface area contributed by atoms with Gasteiger partial charge < -0.3 is 15.2 Å². The maximum Gasteiger partial charge on any atom is 0.261 e. The van der Waals surface area contributed by atoms with Crippen molar-refractivity contribution in [3.63, 3.8) is 0 Å². The van der Waals surface area contributed by atoms with Crippen LogP contribution in [0.1, 0.15) is 64.4 Å². The van der Waals surface area contributed by atoms with Gasteiger partial charge in [0.1, 0.15) is 0 Å². The highest BCUT2D eigenvalue weighted by molar-refractivity contribution is 7.21. The Morgan fingerprint density at radius 2 is 1.86 bits per heavy atom. The van der Waals surface area contributed by atoms with Gasteiger partial charge in [-0.25, -0.2) is 4.98 Å². The van der Waals surface area contributed by atoms with E-state index in [0.29, 0.717) is 12.5 Å². The average molecular weight is 598 g/mol. The molecule has 2 N–H and O–H groups in total. The third kappa shape index (κ3) is 4.76. The molecule has 220 valence electrons. The molecule has 1 saturated carbocycles. The van der Waals surface area contributed by atoms with E-state index in [1.54, 1.807) is 11.3 Å². The Balaban J connectivity index is 1.23. The Kier molecular flexibility index (Phi) is 6.90. The van der Waals surface area contributed by atoms with Crippen LogP contribution in [-0.2, 0) is 13.1 Å². The summed E-state index contributed by atoms with van der Waals surface area (Å²) in [6.45, 7) is 4.26. The number of nitrogens with zero attached hydrogens (tertiary/aromatic N) is 3. The Morgan fingerprint density at radius 1 is 1.00 bits per heavy atom. The van der Waals surface area contributed by atoms with Crippen LogP contribution in [0, 0.1) is 6.92 Å². The zero-order chi connectivity index (χ0) is 29.6. The van der Waals surface area contributed by atoms with Crippen LogP contribution in [0.3, 0.4) is 0 Å². The number of pyridine rings is 2. The normalized spacial score (nSPS) is 15.0. The minimum Gasteiger partial charge on any atom is -0.382 e. The minimum atomic E-state index is 0.00196. The van der Waals surface area contributed by atoms with Gasteiger partial charge in [-0.05, 0) is 84.8 Å². The lowest BCUT2D eigenvalue weighted by Gasteiger charge is -2.23. The van der Waals surface area contributed by atoms with Gasteiger partial charge in [-0.2, -0.15) is 0 Å². The largest absolute Gasteiger partial charge is 0.382 e. The van der Waals surface area contributed by atoms with Crippen molar-refractivity contribution in [1.82, 2.24) is 19.9 Å². The SMILES string of the molecule is Cc1ccnc(-c2ccc3c4c(ccc3n2)-c2c(C3CCCCC3)c3sc(C(=O)NCc5ccccc5)cc3n2CCN4)c1. The number of hydrogen-bond donors (Lipinski definition) is 2. The summed E-state index contributed by atoms with van der Waals surface area (Å²) in [6, 6.07) is 25.1. The zero-order valence-electron chi connectivity index (χ0n) is 24.9. The van der Waals surface area contributed by atoms with Crippen molar-refractivity contribution in [2.75, 3.05) is 11.9 Å². The van der Waals surface area contributed by atoms with E-state index >= 15 is 0 Å². The maximum atomic E-state index is 13.4. The van der Waals surface area contributed by atoms with Gasteiger partial charge in [-0.3, -0.25) is 9.78 Å². The molecule has 1 amide bonds. The summed E-state index contributed by atoms with van der Waals surface area (Å²) in [4.78, 5) is 23.8. The lowest BCUT2D eigenvalue weighted by molar-refractivity contribution is 0.0955. The molecule has 0 spiro atoms. The summed E-state index contributed by atoms with van der Waals surface area (Å²) < 4.78 is 3.76. The quantitative estimate of drug-likeness (QED) is 0.209. The molecule has 1 aliphatic heterocycles. The van der Waals surface area contributed by atoms with Gasteiger partial charge in [0.05, 0.1) is 43.4 Å².